The number of carbonyl (C=O) groups is 1. The van der Waals surface area contributed by atoms with Crippen LogP contribution in [0.15, 0.2) is 54.2 Å². The van der Waals surface area contributed by atoms with Crippen molar-refractivity contribution in [2.45, 2.75) is 64.6 Å². The predicted molar refractivity (Wildman–Crippen MR) is 152 cm³/mol. The van der Waals surface area contributed by atoms with Gasteiger partial charge in [-0.25, -0.2) is 9.78 Å². The van der Waals surface area contributed by atoms with Crippen molar-refractivity contribution in [3.63, 3.8) is 0 Å². The van der Waals surface area contributed by atoms with E-state index < -0.39 is 5.60 Å². The molecule has 0 aliphatic heterocycles. The summed E-state index contributed by atoms with van der Waals surface area (Å²) >= 11 is 6.68. The lowest BCUT2D eigenvalue weighted by atomic mass is 9.80. The van der Waals surface area contributed by atoms with Crippen LogP contribution >= 0.6 is 11.6 Å². The molecule has 0 spiro atoms. The molecule has 0 radical (unpaired) electrons. The van der Waals surface area contributed by atoms with Crippen molar-refractivity contribution in [3.8, 4) is 5.88 Å². The molecule has 1 aromatic carbocycles. The number of carbonyl (C=O) groups excluding carboxylic acids is 1. The van der Waals surface area contributed by atoms with Gasteiger partial charge in [0.05, 0.1) is 17.6 Å². The van der Waals surface area contributed by atoms with Crippen LogP contribution in [0.1, 0.15) is 57.6 Å². The molecule has 0 atom stereocenters. The Bertz CT molecular complexity index is 1270. The first-order chi connectivity index (χ1) is 18.2. The van der Waals surface area contributed by atoms with Crippen molar-refractivity contribution in [1.29, 1.82) is 0 Å². The van der Waals surface area contributed by atoms with Gasteiger partial charge < -0.3 is 20.1 Å². The van der Waals surface area contributed by atoms with Crippen LogP contribution in [-0.4, -0.2) is 41.4 Å². The summed E-state index contributed by atoms with van der Waals surface area (Å²) in [6.07, 6.45) is 7.18. The van der Waals surface area contributed by atoms with Crippen LogP contribution in [0.25, 0.3) is 17.1 Å². The van der Waals surface area contributed by atoms with Gasteiger partial charge in [0.2, 0.25) is 5.88 Å². The standard InChI is InChI=1S/C30H37ClN4O3/c1-30(2,3)38-29(36)34-23-12-10-21(11-13-23)22(18-32-17-20-8-6-5-7-9-20)16-24-25(31)19-33-26-14-15-27(37-4)35-28(24)26/h5-9,14-16,19,21,23,32H,10-13,17-18H2,1-4H3,(H,34,36). The molecule has 38 heavy (non-hydrogen) atoms. The zero-order chi connectivity index (χ0) is 27.1. The number of aromatic nitrogens is 2. The third-order valence-corrected chi connectivity index (χ3v) is 6.99. The number of ether oxygens (including phenoxy) is 2. The molecule has 8 heteroatoms. The van der Waals surface area contributed by atoms with E-state index in [1.54, 1.807) is 19.4 Å². The second-order valence-corrected chi connectivity index (χ2v) is 11.2. The molecule has 1 amide bonds. The Labute approximate surface area is 230 Å². The van der Waals surface area contributed by atoms with E-state index in [4.69, 9.17) is 21.1 Å². The maximum Gasteiger partial charge on any atom is 0.407 e. The number of hydrogen-bond acceptors (Lipinski definition) is 6. The monoisotopic (exact) mass is 536 g/mol. The van der Waals surface area contributed by atoms with E-state index in [0.717, 1.165) is 48.8 Å². The summed E-state index contributed by atoms with van der Waals surface area (Å²) in [4.78, 5) is 21.4. The summed E-state index contributed by atoms with van der Waals surface area (Å²) in [6, 6.07) is 14.2. The van der Waals surface area contributed by atoms with Crippen LogP contribution in [0.5, 0.6) is 5.88 Å². The molecule has 0 saturated heterocycles. The van der Waals surface area contributed by atoms with Crippen LogP contribution in [-0.2, 0) is 11.3 Å². The SMILES string of the molecule is COc1ccc2ncc(Cl)c(C=C(CNCc3ccccc3)C3CCC(NC(=O)OC(C)(C)C)CC3)c2n1. The molecule has 1 aliphatic rings. The van der Waals surface area contributed by atoms with Gasteiger partial charge >= 0.3 is 6.09 Å². The Morgan fingerprint density at radius 3 is 2.53 bits per heavy atom. The minimum Gasteiger partial charge on any atom is -0.481 e. The number of nitrogens with zero attached hydrogens (tertiary/aromatic N) is 2. The molecular formula is C30H37ClN4O3. The van der Waals surface area contributed by atoms with Crippen LogP contribution in [0.4, 0.5) is 4.79 Å². The highest BCUT2D eigenvalue weighted by molar-refractivity contribution is 6.33. The molecule has 2 heterocycles. The van der Waals surface area contributed by atoms with Gasteiger partial charge in [0.15, 0.2) is 0 Å². The maximum absolute atomic E-state index is 12.3. The minimum atomic E-state index is -0.509. The lowest BCUT2D eigenvalue weighted by molar-refractivity contribution is 0.0489. The Hall–Kier alpha value is -3.16. The lowest BCUT2D eigenvalue weighted by Gasteiger charge is -2.31. The molecule has 0 bridgehead atoms. The third-order valence-electron chi connectivity index (χ3n) is 6.69. The average Bonchev–Trinajstić information content (AvgIpc) is 2.89. The van der Waals surface area contributed by atoms with Gasteiger partial charge in [-0.15, -0.1) is 0 Å². The molecule has 0 unspecified atom stereocenters. The van der Waals surface area contributed by atoms with Crippen LogP contribution < -0.4 is 15.4 Å². The average molecular weight is 537 g/mol. The molecule has 3 aromatic rings. The van der Waals surface area contributed by atoms with Crippen molar-refractivity contribution in [3.05, 3.63) is 70.4 Å². The van der Waals surface area contributed by atoms with E-state index in [1.807, 2.05) is 32.9 Å². The topological polar surface area (TPSA) is 85.4 Å². The van der Waals surface area contributed by atoms with E-state index in [9.17, 15) is 4.79 Å². The Balaban J connectivity index is 1.55. The van der Waals surface area contributed by atoms with E-state index in [-0.39, 0.29) is 12.1 Å². The molecule has 7 nitrogen and oxygen atoms in total. The molecule has 4 rings (SSSR count). The van der Waals surface area contributed by atoms with Crippen molar-refractivity contribution < 1.29 is 14.3 Å². The summed E-state index contributed by atoms with van der Waals surface area (Å²) < 4.78 is 10.8. The third kappa shape index (κ3) is 7.68. The summed E-state index contributed by atoms with van der Waals surface area (Å²) in [5, 5.41) is 7.22. The first-order valence-corrected chi connectivity index (χ1v) is 13.5. The normalized spacial score (nSPS) is 18.3. The van der Waals surface area contributed by atoms with Crippen molar-refractivity contribution in [1.82, 2.24) is 20.6 Å². The van der Waals surface area contributed by atoms with Crippen molar-refractivity contribution in [2.75, 3.05) is 13.7 Å². The molecule has 1 saturated carbocycles. The number of fused-ring (bicyclic) bond motifs is 1. The van der Waals surface area contributed by atoms with Crippen molar-refractivity contribution in [2.24, 2.45) is 5.92 Å². The van der Waals surface area contributed by atoms with Gasteiger partial charge in [-0.2, -0.15) is 0 Å². The molecule has 1 fully saturated rings. The number of hydrogen-bond donors (Lipinski definition) is 2. The van der Waals surface area contributed by atoms with E-state index in [0.29, 0.717) is 23.4 Å². The predicted octanol–water partition coefficient (Wildman–Crippen LogP) is 6.55. The van der Waals surface area contributed by atoms with Crippen molar-refractivity contribution >= 4 is 34.8 Å². The van der Waals surface area contributed by atoms with Gasteiger partial charge in [0.25, 0.3) is 0 Å². The highest BCUT2D eigenvalue weighted by Gasteiger charge is 2.27. The fourth-order valence-electron chi connectivity index (χ4n) is 4.82. The number of rotatable bonds is 8. The van der Waals surface area contributed by atoms with Crippen LogP contribution in [0.2, 0.25) is 5.02 Å². The minimum absolute atomic E-state index is 0.107. The Morgan fingerprint density at radius 1 is 1.11 bits per heavy atom. The maximum atomic E-state index is 12.3. The van der Waals surface area contributed by atoms with Crippen LogP contribution in [0, 0.1) is 5.92 Å². The van der Waals surface area contributed by atoms with E-state index >= 15 is 0 Å². The number of amides is 1. The number of methoxy groups -OCH3 is 1. The largest absolute Gasteiger partial charge is 0.481 e. The Morgan fingerprint density at radius 2 is 1.84 bits per heavy atom. The zero-order valence-electron chi connectivity index (χ0n) is 22.6. The fraction of sp³-hybridized carbons (Fsp3) is 0.433. The highest BCUT2D eigenvalue weighted by atomic mass is 35.5. The number of pyridine rings is 2. The fourth-order valence-corrected chi connectivity index (χ4v) is 5.02. The van der Waals surface area contributed by atoms with Gasteiger partial charge in [-0.3, -0.25) is 4.98 Å². The number of halogens is 1. The quantitative estimate of drug-likeness (QED) is 0.339. The van der Waals surface area contributed by atoms with Crippen LogP contribution in [0.3, 0.4) is 0 Å². The summed E-state index contributed by atoms with van der Waals surface area (Å²) in [6.45, 7) is 7.11. The molecule has 1 aliphatic carbocycles. The summed E-state index contributed by atoms with van der Waals surface area (Å²) in [7, 11) is 1.60. The lowest BCUT2D eigenvalue weighted by Crippen LogP contribution is -2.41. The van der Waals surface area contributed by atoms with Gasteiger partial charge in [-0.05, 0) is 64.0 Å². The first-order valence-electron chi connectivity index (χ1n) is 13.2. The first kappa shape index (κ1) is 27.9. The number of alkyl carbamates (subject to hydrolysis) is 1. The molecule has 2 N–H and O–H groups in total. The smallest absolute Gasteiger partial charge is 0.407 e. The van der Waals surface area contributed by atoms with E-state index in [2.05, 4.69) is 50.9 Å². The second kappa shape index (κ2) is 12.6. The van der Waals surface area contributed by atoms with Gasteiger partial charge in [0, 0.05) is 37.0 Å². The highest BCUT2D eigenvalue weighted by Crippen LogP contribution is 2.34. The molecular weight excluding hydrogens is 500 g/mol. The summed E-state index contributed by atoms with van der Waals surface area (Å²) in [5.74, 6) is 0.869. The second-order valence-electron chi connectivity index (χ2n) is 10.7. The van der Waals surface area contributed by atoms with Gasteiger partial charge in [-0.1, -0.05) is 53.6 Å². The van der Waals surface area contributed by atoms with E-state index in [1.165, 1.54) is 11.1 Å². The molecule has 2 aromatic heterocycles. The number of benzene rings is 1. The zero-order valence-corrected chi connectivity index (χ0v) is 23.3. The molecule has 202 valence electrons. The Kier molecular flexibility index (Phi) is 9.23. The summed E-state index contributed by atoms with van der Waals surface area (Å²) in [5.41, 5.74) is 4.32. The number of nitrogens with one attached hydrogen (secondary N) is 2. The van der Waals surface area contributed by atoms with Gasteiger partial charge in [0.1, 0.15) is 11.1 Å².